The molecule has 0 spiro atoms. The fourth-order valence-electron chi connectivity index (χ4n) is 5.36. The summed E-state index contributed by atoms with van der Waals surface area (Å²) in [7, 11) is 1.95. The van der Waals surface area contributed by atoms with Crippen LogP contribution in [-0.4, -0.2) is 78.9 Å². The highest BCUT2D eigenvalue weighted by atomic mass is 16.2. The summed E-state index contributed by atoms with van der Waals surface area (Å²) in [6, 6.07) is 8.87. The molecule has 1 amide bonds. The van der Waals surface area contributed by atoms with Crippen molar-refractivity contribution in [3.8, 4) is 0 Å². The van der Waals surface area contributed by atoms with Crippen LogP contribution in [0.3, 0.4) is 0 Å². The molecule has 0 atom stereocenters. The summed E-state index contributed by atoms with van der Waals surface area (Å²) in [6.07, 6.45) is 11.1. The molecule has 1 aromatic rings. The number of hydrogen-bond donors (Lipinski definition) is 2. The Labute approximate surface area is 204 Å². The molecule has 0 unspecified atom stereocenters. The molecular weight excluding hydrogens is 424 g/mol. The fourth-order valence-corrected chi connectivity index (χ4v) is 5.36. The Bertz CT molecular complexity index is 894. The minimum atomic E-state index is -0.0558. The molecule has 7 heteroatoms. The molecule has 7 nitrogen and oxygen atoms in total. The molecule has 184 valence electrons. The molecule has 0 radical (unpaired) electrons. The van der Waals surface area contributed by atoms with Crippen molar-refractivity contribution in [2.75, 3.05) is 51.8 Å². The van der Waals surface area contributed by atoms with Gasteiger partial charge in [0.15, 0.2) is 0 Å². The molecule has 0 bridgehead atoms. The third-order valence-electron chi connectivity index (χ3n) is 7.64. The minimum absolute atomic E-state index is 0.0558. The van der Waals surface area contributed by atoms with E-state index in [-0.39, 0.29) is 5.91 Å². The Kier molecular flexibility index (Phi) is 7.50. The van der Waals surface area contributed by atoms with E-state index in [1.807, 2.05) is 30.2 Å². The number of hydrogen-bond acceptors (Lipinski definition) is 6. The number of rotatable bonds is 7. The number of piperazine rings is 1. The first-order valence-electron chi connectivity index (χ1n) is 13.2. The van der Waals surface area contributed by atoms with E-state index in [2.05, 4.69) is 32.6 Å². The van der Waals surface area contributed by atoms with Gasteiger partial charge in [0.25, 0.3) is 5.91 Å². The maximum atomic E-state index is 13.2. The molecule has 4 aliphatic rings. The van der Waals surface area contributed by atoms with Crippen LogP contribution in [0.2, 0.25) is 0 Å². The summed E-state index contributed by atoms with van der Waals surface area (Å²) < 4.78 is 0. The summed E-state index contributed by atoms with van der Waals surface area (Å²) in [5, 5.41) is 6.52. The molecule has 0 aromatic heterocycles. The Morgan fingerprint density at radius 3 is 2.53 bits per heavy atom. The van der Waals surface area contributed by atoms with E-state index in [0.29, 0.717) is 18.4 Å². The largest absolute Gasteiger partial charge is 0.354 e. The van der Waals surface area contributed by atoms with Crippen LogP contribution in [0.25, 0.3) is 0 Å². The molecule has 2 heterocycles. The number of amides is 1. The van der Waals surface area contributed by atoms with Crippen LogP contribution < -0.4 is 10.6 Å². The predicted molar refractivity (Wildman–Crippen MR) is 138 cm³/mol. The Morgan fingerprint density at radius 2 is 1.82 bits per heavy atom. The van der Waals surface area contributed by atoms with E-state index in [9.17, 15) is 4.79 Å². The number of benzene rings is 1. The molecule has 34 heavy (non-hydrogen) atoms. The van der Waals surface area contributed by atoms with Gasteiger partial charge in [0, 0.05) is 64.1 Å². The van der Waals surface area contributed by atoms with Crippen LogP contribution in [0.4, 0.5) is 5.69 Å². The highest BCUT2D eigenvalue weighted by Crippen LogP contribution is 2.33. The van der Waals surface area contributed by atoms with Gasteiger partial charge >= 0.3 is 0 Å². The van der Waals surface area contributed by atoms with Crippen LogP contribution in [0, 0.1) is 5.92 Å². The number of nitrogens with one attached hydrogen (secondary N) is 2. The summed E-state index contributed by atoms with van der Waals surface area (Å²) in [5.41, 5.74) is 2.83. The third-order valence-corrected chi connectivity index (χ3v) is 7.64. The topological polar surface area (TPSA) is 63.2 Å². The molecule has 1 aromatic carbocycles. The minimum Gasteiger partial charge on any atom is -0.354 e. The molecule has 1 saturated heterocycles. The van der Waals surface area contributed by atoms with E-state index >= 15 is 0 Å². The zero-order valence-corrected chi connectivity index (χ0v) is 20.6. The Hall–Kier alpha value is -2.38. The first-order valence-corrected chi connectivity index (χ1v) is 13.2. The number of carbonyl (C=O) groups excluding carboxylic acids is 1. The van der Waals surface area contributed by atoms with E-state index in [1.165, 1.54) is 50.5 Å². The van der Waals surface area contributed by atoms with Gasteiger partial charge in [0.05, 0.1) is 0 Å². The van der Waals surface area contributed by atoms with E-state index in [1.54, 1.807) is 0 Å². The second kappa shape index (κ2) is 10.9. The van der Waals surface area contributed by atoms with Gasteiger partial charge < -0.3 is 20.4 Å². The lowest BCUT2D eigenvalue weighted by Crippen LogP contribution is -2.45. The normalized spacial score (nSPS) is 22.2. The number of amidine groups is 1. The van der Waals surface area contributed by atoms with E-state index in [0.717, 1.165) is 56.7 Å². The number of carbonyl (C=O) groups is 1. The van der Waals surface area contributed by atoms with Crippen LogP contribution in [0.1, 0.15) is 50.5 Å². The van der Waals surface area contributed by atoms with Crippen molar-refractivity contribution in [1.29, 1.82) is 0 Å². The van der Waals surface area contributed by atoms with E-state index in [4.69, 9.17) is 4.99 Å². The van der Waals surface area contributed by atoms with Crippen LogP contribution in [0.15, 0.2) is 41.0 Å². The average molecular weight is 465 g/mol. The average Bonchev–Trinajstić information content (AvgIpc) is 3.70. The van der Waals surface area contributed by atoms with Crippen LogP contribution in [-0.2, 0) is 11.3 Å². The fraction of sp³-hybridized carbons (Fsp3) is 0.630. The standard InChI is InChI=1S/C27H40N6O/c1-31-20-29-26(33(19-22-7-8-22)24-5-3-2-4-6-24)17-25(31)27(34)30-23-11-9-21(10-12-23)18-32-15-13-28-14-16-32/h9-12,17,22,24,28H,2-8,13-16,18-20H2,1H3,(H,30,34). The van der Waals surface area contributed by atoms with Gasteiger partial charge in [-0.1, -0.05) is 31.4 Å². The van der Waals surface area contributed by atoms with Crippen molar-refractivity contribution < 1.29 is 4.79 Å². The zero-order chi connectivity index (χ0) is 23.3. The molecule has 2 saturated carbocycles. The quantitative estimate of drug-likeness (QED) is 0.649. The van der Waals surface area contributed by atoms with Crippen molar-refractivity contribution in [3.05, 3.63) is 41.6 Å². The van der Waals surface area contributed by atoms with Gasteiger partial charge in [0.1, 0.15) is 18.2 Å². The number of nitrogens with zero attached hydrogens (tertiary/aromatic N) is 4. The molecule has 2 aliphatic carbocycles. The highest BCUT2D eigenvalue weighted by molar-refractivity contribution is 6.09. The van der Waals surface area contributed by atoms with Crippen molar-refractivity contribution in [1.82, 2.24) is 20.0 Å². The van der Waals surface area contributed by atoms with Gasteiger partial charge in [-0.25, -0.2) is 4.99 Å². The van der Waals surface area contributed by atoms with Gasteiger partial charge in [-0.05, 0) is 49.3 Å². The lowest BCUT2D eigenvalue weighted by atomic mass is 9.93. The third kappa shape index (κ3) is 5.99. The van der Waals surface area contributed by atoms with Crippen molar-refractivity contribution in [2.45, 2.75) is 57.5 Å². The zero-order valence-electron chi connectivity index (χ0n) is 20.6. The SMILES string of the molecule is CN1CN=C(N(CC2CC2)C2CCCCC2)C=C1C(=O)Nc1ccc(CN2CCNCC2)cc1. The monoisotopic (exact) mass is 464 g/mol. The van der Waals surface area contributed by atoms with Gasteiger partial charge in [-0.2, -0.15) is 0 Å². The first kappa shape index (κ1) is 23.4. The second-order valence-corrected chi connectivity index (χ2v) is 10.5. The highest BCUT2D eigenvalue weighted by Gasteiger charge is 2.32. The Balaban J connectivity index is 1.24. The maximum absolute atomic E-state index is 13.2. The molecule has 2 N–H and O–H groups in total. The number of anilines is 1. The van der Waals surface area contributed by atoms with Gasteiger partial charge in [-0.15, -0.1) is 0 Å². The van der Waals surface area contributed by atoms with Crippen molar-refractivity contribution in [2.24, 2.45) is 10.9 Å². The van der Waals surface area contributed by atoms with Crippen LogP contribution >= 0.6 is 0 Å². The van der Waals surface area contributed by atoms with Crippen molar-refractivity contribution >= 4 is 17.4 Å². The van der Waals surface area contributed by atoms with Gasteiger partial charge in [-0.3, -0.25) is 9.69 Å². The molecule has 5 rings (SSSR count). The summed E-state index contributed by atoms with van der Waals surface area (Å²) in [5.74, 6) is 1.75. The second-order valence-electron chi connectivity index (χ2n) is 10.5. The van der Waals surface area contributed by atoms with Crippen LogP contribution in [0.5, 0.6) is 0 Å². The predicted octanol–water partition coefficient (Wildman–Crippen LogP) is 3.26. The van der Waals surface area contributed by atoms with E-state index < -0.39 is 0 Å². The summed E-state index contributed by atoms with van der Waals surface area (Å²) in [6.45, 7) is 6.87. The smallest absolute Gasteiger partial charge is 0.272 e. The lowest BCUT2D eigenvalue weighted by Gasteiger charge is -2.38. The van der Waals surface area contributed by atoms with Gasteiger partial charge in [0.2, 0.25) is 0 Å². The molecular formula is C27H40N6O. The summed E-state index contributed by atoms with van der Waals surface area (Å²) in [4.78, 5) is 25.1. The van der Waals surface area contributed by atoms with Crippen molar-refractivity contribution in [3.63, 3.8) is 0 Å². The Morgan fingerprint density at radius 1 is 1.09 bits per heavy atom. The molecule has 3 fully saturated rings. The number of likely N-dealkylation sites (N-methyl/N-ethyl adjacent to an activating group) is 1. The maximum Gasteiger partial charge on any atom is 0.272 e. The summed E-state index contributed by atoms with van der Waals surface area (Å²) >= 11 is 0. The molecule has 2 aliphatic heterocycles. The lowest BCUT2D eigenvalue weighted by molar-refractivity contribution is -0.114. The first-order chi connectivity index (χ1) is 16.7. The number of aliphatic imine (C=N–C) groups is 1.